The van der Waals surface area contributed by atoms with Gasteiger partial charge in [-0.05, 0) is 18.6 Å². The number of hydrogen-bond acceptors (Lipinski definition) is 3. The van der Waals surface area contributed by atoms with E-state index in [0.29, 0.717) is 17.1 Å². The summed E-state index contributed by atoms with van der Waals surface area (Å²) < 4.78 is 38.6. The van der Waals surface area contributed by atoms with Crippen LogP contribution in [0.3, 0.4) is 0 Å². The quantitative estimate of drug-likeness (QED) is 0.894. The second-order valence-electron chi connectivity index (χ2n) is 5.02. The standard InChI is InChI=1S/C13H13F3N2O4/c14-13(15,16)9-2-1-4-18(11(9)20)7-10(19)17-5-3-8(6-17)12(21)22/h1-2,4,8H,3,5-7H2,(H,21,22)/t8-/m1/s1. The molecule has 1 aliphatic heterocycles. The number of aromatic nitrogens is 1. The minimum absolute atomic E-state index is 0.00186. The molecule has 1 amide bonds. The third kappa shape index (κ3) is 3.29. The normalized spacial score (nSPS) is 18.5. The zero-order valence-electron chi connectivity index (χ0n) is 11.3. The van der Waals surface area contributed by atoms with E-state index in [0.717, 1.165) is 12.3 Å². The summed E-state index contributed by atoms with van der Waals surface area (Å²) in [6, 6.07) is 1.70. The maximum atomic E-state index is 12.6. The number of halogens is 3. The number of likely N-dealkylation sites (tertiary alicyclic amines) is 1. The highest BCUT2D eigenvalue weighted by molar-refractivity contribution is 5.78. The minimum atomic E-state index is -4.79. The molecule has 0 aliphatic carbocycles. The highest BCUT2D eigenvalue weighted by Crippen LogP contribution is 2.26. The van der Waals surface area contributed by atoms with Crippen LogP contribution >= 0.6 is 0 Å². The first-order valence-corrected chi connectivity index (χ1v) is 6.47. The molecule has 6 nitrogen and oxygen atoms in total. The number of carboxylic acid groups (broad SMARTS) is 1. The number of pyridine rings is 1. The van der Waals surface area contributed by atoms with Gasteiger partial charge in [-0.15, -0.1) is 0 Å². The maximum absolute atomic E-state index is 12.6. The lowest BCUT2D eigenvalue weighted by molar-refractivity contribution is -0.142. The van der Waals surface area contributed by atoms with Crippen LogP contribution in [0, 0.1) is 5.92 Å². The van der Waals surface area contributed by atoms with Crippen molar-refractivity contribution in [1.82, 2.24) is 9.47 Å². The lowest BCUT2D eigenvalue weighted by Crippen LogP contribution is -2.37. The number of aliphatic carboxylic acids is 1. The molecule has 1 aromatic rings. The van der Waals surface area contributed by atoms with Crippen LogP contribution in [-0.2, 0) is 22.3 Å². The molecule has 120 valence electrons. The molecule has 0 spiro atoms. The van der Waals surface area contributed by atoms with Gasteiger partial charge in [0.15, 0.2) is 0 Å². The minimum Gasteiger partial charge on any atom is -0.481 e. The molecule has 1 atom stereocenters. The predicted octanol–water partition coefficient (Wildman–Crippen LogP) is 0.800. The molecule has 1 fully saturated rings. The van der Waals surface area contributed by atoms with E-state index in [-0.39, 0.29) is 13.1 Å². The molecule has 9 heteroatoms. The van der Waals surface area contributed by atoms with Crippen molar-refractivity contribution in [3.05, 3.63) is 34.2 Å². The van der Waals surface area contributed by atoms with Crippen molar-refractivity contribution in [3.63, 3.8) is 0 Å². The van der Waals surface area contributed by atoms with Gasteiger partial charge in [0.2, 0.25) is 5.91 Å². The van der Waals surface area contributed by atoms with Gasteiger partial charge in [-0.25, -0.2) is 0 Å². The zero-order chi connectivity index (χ0) is 16.5. The van der Waals surface area contributed by atoms with Gasteiger partial charge in [0.05, 0.1) is 5.92 Å². The second-order valence-corrected chi connectivity index (χ2v) is 5.02. The lowest BCUT2D eigenvalue weighted by atomic mass is 10.1. The van der Waals surface area contributed by atoms with Crippen LogP contribution in [0.1, 0.15) is 12.0 Å². The Morgan fingerprint density at radius 1 is 1.36 bits per heavy atom. The maximum Gasteiger partial charge on any atom is 0.421 e. The van der Waals surface area contributed by atoms with Gasteiger partial charge in [0.1, 0.15) is 12.1 Å². The van der Waals surface area contributed by atoms with E-state index in [2.05, 4.69) is 0 Å². The summed E-state index contributed by atoms with van der Waals surface area (Å²) in [7, 11) is 0. The van der Waals surface area contributed by atoms with Crippen LogP contribution in [0.4, 0.5) is 13.2 Å². The van der Waals surface area contributed by atoms with E-state index in [4.69, 9.17) is 5.11 Å². The fourth-order valence-corrected chi connectivity index (χ4v) is 2.31. The Morgan fingerprint density at radius 2 is 2.05 bits per heavy atom. The Hall–Kier alpha value is -2.32. The summed E-state index contributed by atoms with van der Waals surface area (Å²) in [6.07, 6.45) is -3.40. The molecule has 1 N–H and O–H groups in total. The highest BCUT2D eigenvalue weighted by atomic mass is 19.4. The van der Waals surface area contributed by atoms with Crippen molar-refractivity contribution >= 4 is 11.9 Å². The van der Waals surface area contributed by atoms with Crippen molar-refractivity contribution < 1.29 is 27.9 Å². The summed E-state index contributed by atoms with van der Waals surface area (Å²) in [5, 5.41) is 8.85. The van der Waals surface area contributed by atoms with Crippen LogP contribution in [-0.4, -0.2) is 39.5 Å². The van der Waals surface area contributed by atoms with E-state index in [1.165, 1.54) is 4.90 Å². The van der Waals surface area contributed by atoms with Gasteiger partial charge < -0.3 is 14.6 Å². The third-order valence-corrected chi connectivity index (χ3v) is 3.52. The molecule has 1 aliphatic rings. The first kappa shape index (κ1) is 16.1. The Labute approximate surface area is 122 Å². The van der Waals surface area contributed by atoms with Crippen LogP contribution in [0.25, 0.3) is 0 Å². The molecule has 0 radical (unpaired) electrons. The predicted molar refractivity (Wildman–Crippen MR) is 68.0 cm³/mol. The monoisotopic (exact) mass is 318 g/mol. The molecule has 2 rings (SSSR count). The first-order chi connectivity index (χ1) is 10.2. The van der Waals surface area contributed by atoms with Crippen LogP contribution < -0.4 is 5.56 Å². The molecule has 1 saturated heterocycles. The van der Waals surface area contributed by atoms with Gasteiger partial charge in [-0.3, -0.25) is 14.4 Å². The molecule has 0 saturated carbocycles. The Bertz CT molecular complexity index is 653. The number of carbonyl (C=O) groups is 2. The average molecular weight is 318 g/mol. The summed E-state index contributed by atoms with van der Waals surface area (Å²) in [4.78, 5) is 35.8. The molecule has 22 heavy (non-hydrogen) atoms. The van der Waals surface area contributed by atoms with Crippen molar-refractivity contribution in [2.45, 2.75) is 19.1 Å². The van der Waals surface area contributed by atoms with Gasteiger partial charge in [-0.1, -0.05) is 0 Å². The largest absolute Gasteiger partial charge is 0.481 e. The number of alkyl halides is 3. The van der Waals surface area contributed by atoms with Crippen molar-refractivity contribution in [2.75, 3.05) is 13.1 Å². The van der Waals surface area contributed by atoms with Gasteiger partial charge >= 0.3 is 12.1 Å². The van der Waals surface area contributed by atoms with Gasteiger partial charge in [0, 0.05) is 19.3 Å². The van der Waals surface area contributed by atoms with Crippen LogP contribution in [0.5, 0.6) is 0 Å². The number of nitrogens with zero attached hydrogens (tertiary/aromatic N) is 2. The lowest BCUT2D eigenvalue weighted by Gasteiger charge is -2.17. The SMILES string of the molecule is O=C(O)[C@@H]1CCN(C(=O)Cn2cccc(C(F)(F)F)c2=O)C1. The van der Waals surface area contributed by atoms with Crippen molar-refractivity contribution in [1.29, 1.82) is 0 Å². The molecule has 2 heterocycles. The zero-order valence-corrected chi connectivity index (χ0v) is 11.3. The van der Waals surface area contributed by atoms with Crippen molar-refractivity contribution in [2.24, 2.45) is 5.92 Å². The molecule has 0 bridgehead atoms. The van der Waals surface area contributed by atoms with E-state index < -0.39 is 41.6 Å². The van der Waals surface area contributed by atoms with Crippen molar-refractivity contribution in [3.8, 4) is 0 Å². The summed E-state index contributed by atoms with van der Waals surface area (Å²) >= 11 is 0. The summed E-state index contributed by atoms with van der Waals surface area (Å²) in [5.41, 5.74) is -2.63. The molecular weight excluding hydrogens is 305 g/mol. The molecule has 1 aromatic heterocycles. The fourth-order valence-electron chi connectivity index (χ4n) is 2.31. The fraction of sp³-hybridized carbons (Fsp3) is 0.462. The smallest absolute Gasteiger partial charge is 0.421 e. The number of rotatable bonds is 3. The highest BCUT2D eigenvalue weighted by Gasteiger charge is 2.35. The number of carboxylic acids is 1. The second kappa shape index (κ2) is 5.82. The third-order valence-electron chi connectivity index (χ3n) is 3.52. The Kier molecular flexibility index (Phi) is 4.25. The number of hydrogen-bond donors (Lipinski definition) is 1. The topological polar surface area (TPSA) is 79.6 Å². The van der Waals surface area contributed by atoms with Crippen LogP contribution in [0.2, 0.25) is 0 Å². The average Bonchev–Trinajstić information content (AvgIpc) is 2.89. The van der Waals surface area contributed by atoms with Gasteiger partial charge in [-0.2, -0.15) is 13.2 Å². The Morgan fingerprint density at radius 3 is 2.59 bits per heavy atom. The Balaban J connectivity index is 2.14. The molecular formula is C13H13F3N2O4. The van der Waals surface area contributed by atoms with Gasteiger partial charge in [0.25, 0.3) is 5.56 Å². The first-order valence-electron chi connectivity index (χ1n) is 6.47. The number of amides is 1. The molecule has 0 aromatic carbocycles. The molecule has 0 unspecified atom stereocenters. The van der Waals surface area contributed by atoms with E-state index >= 15 is 0 Å². The van der Waals surface area contributed by atoms with E-state index in [1.807, 2.05) is 0 Å². The van der Waals surface area contributed by atoms with E-state index in [1.54, 1.807) is 0 Å². The summed E-state index contributed by atoms with van der Waals surface area (Å²) in [5.74, 6) is -2.28. The van der Waals surface area contributed by atoms with E-state index in [9.17, 15) is 27.6 Å². The number of carbonyl (C=O) groups excluding carboxylic acids is 1. The van der Waals surface area contributed by atoms with Crippen LogP contribution in [0.15, 0.2) is 23.1 Å². The summed E-state index contributed by atoms with van der Waals surface area (Å²) in [6.45, 7) is -0.333.